The Morgan fingerprint density at radius 1 is 0.714 bits per heavy atom. The first kappa shape index (κ1) is 18.5. The van der Waals surface area contributed by atoms with E-state index in [0.717, 1.165) is 21.9 Å². The fraction of sp³-hybridized carbons (Fsp3) is 0.120. The third kappa shape index (κ3) is 4.36. The minimum Gasteiger partial charge on any atom is -0.489 e. The van der Waals surface area contributed by atoms with Gasteiger partial charge in [0.05, 0.1) is 0 Å². The van der Waals surface area contributed by atoms with Crippen LogP contribution in [0.4, 0.5) is 0 Å². The maximum Gasteiger partial charge on any atom is 0.124 e. The van der Waals surface area contributed by atoms with Crippen molar-refractivity contribution in [3.8, 4) is 5.75 Å². The lowest BCUT2D eigenvalue weighted by atomic mass is 10.0. The topological polar surface area (TPSA) is 21.3 Å². The Kier molecular flexibility index (Phi) is 5.91. The van der Waals surface area contributed by atoms with Crippen molar-refractivity contribution in [2.75, 3.05) is 0 Å². The second-order valence-electron chi connectivity index (χ2n) is 6.73. The average Bonchev–Trinajstić information content (AvgIpc) is 2.75. The minimum absolute atomic E-state index is 0.552. The second-order valence-corrected chi connectivity index (χ2v) is 7.14. The van der Waals surface area contributed by atoms with E-state index in [4.69, 9.17) is 16.3 Å². The maximum absolute atomic E-state index is 6.29. The zero-order valence-electron chi connectivity index (χ0n) is 15.6. The molecule has 0 fully saturated rings. The predicted octanol–water partition coefficient (Wildman–Crippen LogP) is 6.36. The number of rotatable bonds is 7. The summed E-state index contributed by atoms with van der Waals surface area (Å²) in [6, 6.07) is 30.8. The van der Waals surface area contributed by atoms with Crippen molar-refractivity contribution < 1.29 is 4.74 Å². The Morgan fingerprint density at radius 3 is 2.32 bits per heavy atom. The Labute approximate surface area is 170 Å². The molecule has 2 nitrogen and oxygen atoms in total. The molecule has 140 valence electrons. The van der Waals surface area contributed by atoms with Gasteiger partial charge in [-0.05, 0) is 34.0 Å². The molecule has 0 heterocycles. The molecule has 0 amide bonds. The number of hydrogen-bond acceptors (Lipinski definition) is 2. The molecular formula is C25H22ClNO. The highest BCUT2D eigenvalue weighted by atomic mass is 35.5. The summed E-state index contributed by atoms with van der Waals surface area (Å²) < 4.78 is 6.19. The lowest BCUT2D eigenvalue weighted by molar-refractivity contribution is 0.302. The molecule has 4 aromatic rings. The molecule has 0 aromatic heterocycles. The highest BCUT2D eigenvalue weighted by Gasteiger charge is 2.10. The van der Waals surface area contributed by atoms with Crippen LogP contribution in [0, 0.1) is 0 Å². The normalized spacial score (nSPS) is 10.9. The van der Waals surface area contributed by atoms with Gasteiger partial charge >= 0.3 is 0 Å². The van der Waals surface area contributed by atoms with Gasteiger partial charge in [0.25, 0.3) is 0 Å². The van der Waals surface area contributed by atoms with Crippen molar-refractivity contribution in [2.45, 2.75) is 19.7 Å². The molecule has 4 rings (SSSR count). The van der Waals surface area contributed by atoms with Crippen LogP contribution in [0.2, 0.25) is 5.02 Å². The molecule has 0 aliphatic heterocycles. The number of nitrogens with one attached hydrogen (secondary N) is 1. The highest BCUT2D eigenvalue weighted by molar-refractivity contribution is 6.31. The number of hydrogen-bond donors (Lipinski definition) is 1. The predicted molar refractivity (Wildman–Crippen MR) is 117 cm³/mol. The average molecular weight is 388 g/mol. The van der Waals surface area contributed by atoms with E-state index in [1.54, 1.807) is 0 Å². The van der Waals surface area contributed by atoms with E-state index in [0.29, 0.717) is 19.7 Å². The van der Waals surface area contributed by atoms with Crippen molar-refractivity contribution in [3.63, 3.8) is 0 Å². The first-order valence-electron chi connectivity index (χ1n) is 9.43. The number of ether oxygens (including phenoxy) is 1. The van der Waals surface area contributed by atoms with Crippen molar-refractivity contribution in [1.82, 2.24) is 5.32 Å². The van der Waals surface area contributed by atoms with E-state index in [1.807, 2.05) is 42.5 Å². The van der Waals surface area contributed by atoms with Crippen LogP contribution in [0.15, 0.2) is 91.0 Å². The van der Waals surface area contributed by atoms with Gasteiger partial charge < -0.3 is 10.1 Å². The Morgan fingerprint density at radius 2 is 1.46 bits per heavy atom. The van der Waals surface area contributed by atoms with Crippen LogP contribution in [-0.2, 0) is 19.7 Å². The van der Waals surface area contributed by atoms with Gasteiger partial charge in [0.15, 0.2) is 0 Å². The van der Waals surface area contributed by atoms with Crippen molar-refractivity contribution in [1.29, 1.82) is 0 Å². The van der Waals surface area contributed by atoms with Gasteiger partial charge in [-0.1, -0.05) is 90.5 Å². The van der Waals surface area contributed by atoms with Crippen molar-refractivity contribution in [2.24, 2.45) is 0 Å². The molecule has 0 aliphatic carbocycles. The molecule has 3 heteroatoms. The van der Waals surface area contributed by atoms with Crippen LogP contribution in [0.5, 0.6) is 5.75 Å². The Bertz CT molecular complexity index is 1060. The quantitative estimate of drug-likeness (QED) is 0.398. The van der Waals surface area contributed by atoms with Gasteiger partial charge in [0.1, 0.15) is 12.4 Å². The van der Waals surface area contributed by atoms with E-state index in [2.05, 4.69) is 53.8 Å². The molecule has 0 saturated carbocycles. The third-order valence-corrected chi connectivity index (χ3v) is 5.18. The smallest absolute Gasteiger partial charge is 0.124 e. The van der Waals surface area contributed by atoms with E-state index in [-0.39, 0.29) is 0 Å². The van der Waals surface area contributed by atoms with Gasteiger partial charge in [-0.25, -0.2) is 0 Å². The largest absolute Gasteiger partial charge is 0.489 e. The standard InChI is InChI=1S/C25H22ClNO/c26-24-13-7-5-11-21(24)16-27-17-23-22-12-6-4-10-20(22)14-15-25(23)28-18-19-8-2-1-3-9-19/h1-15,27H,16-18H2. The highest BCUT2D eigenvalue weighted by Crippen LogP contribution is 2.29. The van der Waals surface area contributed by atoms with Crippen molar-refractivity contribution in [3.05, 3.63) is 113 Å². The Hall–Kier alpha value is -2.81. The summed E-state index contributed by atoms with van der Waals surface area (Å²) in [5.74, 6) is 0.911. The molecule has 28 heavy (non-hydrogen) atoms. The van der Waals surface area contributed by atoms with Crippen LogP contribution in [0.1, 0.15) is 16.7 Å². The number of fused-ring (bicyclic) bond motifs is 1. The van der Waals surface area contributed by atoms with Gasteiger partial charge in [0, 0.05) is 23.7 Å². The minimum atomic E-state index is 0.552. The summed E-state index contributed by atoms with van der Waals surface area (Å²) >= 11 is 6.29. The van der Waals surface area contributed by atoms with E-state index in [1.165, 1.54) is 16.3 Å². The van der Waals surface area contributed by atoms with Crippen LogP contribution in [0.25, 0.3) is 10.8 Å². The van der Waals surface area contributed by atoms with E-state index < -0.39 is 0 Å². The van der Waals surface area contributed by atoms with E-state index >= 15 is 0 Å². The van der Waals surface area contributed by atoms with Crippen LogP contribution < -0.4 is 10.1 Å². The summed E-state index contributed by atoms with van der Waals surface area (Å²) in [5.41, 5.74) is 3.42. The summed E-state index contributed by atoms with van der Waals surface area (Å²) in [5, 5.41) is 6.73. The fourth-order valence-corrected chi connectivity index (χ4v) is 3.54. The second kappa shape index (κ2) is 8.92. The molecule has 0 radical (unpaired) electrons. The van der Waals surface area contributed by atoms with Gasteiger partial charge in [-0.15, -0.1) is 0 Å². The van der Waals surface area contributed by atoms with Crippen LogP contribution in [0.3, 0.4) is 0 Å². The molecular weight excluding hydrogens is 366 g/mol. The lowest BCUT2D eigenvalue weighted by Crippen LogP contribution is -2.14. The Balaban J connectivity index is 1.56. The number of halogens is 1. The first-order valence-corrected chi connectivity index (χ1v) is 9.80. The zero-order chi connectivity index (χ0) is 19.2. The summed E-state index contributed by atoms with van der Waals surface area (Å²) in [6.07, 6.45) is 0. The maximum atomic E-state index is 6.29. The van der Waals surface area contributed by atoms with Crippen LogP contribution in [-0.4, -0.2) is 0 Å². The lowest BCUT2D eigenvalue weighted by Gasteiger charge is -2.15. The molecule has 0 atom stereocenters. The molecule has 0 unspecified atom stereocenters. The summed E-state index contributed by atoms with van der Waals surface area (Å²) in [4.78, 5) is 0. The van der Waals surface area contributed by atoms with Crippen molar-refractivity contribution >= 4 is 22.4 Å². The molecule has 0 saturated heterocycles. The SMILES string of the molecule is Clc1ccccc1CNCc1c(OCc2ccccc2)ccc2ccccc12. The molecule has 0 aliphatic rings. The first-order chi connectivity index (χ1) is 13.8. The summed E-state index contributed by atoms with van der Waals surface area (Å²) in [7, 11) is 0. The zero-order valence-corrected chi connectivity index (χ0v) is 16.3. The third-order valence-electron chi connectivity index (χ3n) is 4.81. The summed E-state index contributed by atoms with van der Waals surface area (Å²) in [6.45, 7) is 1.97. The van der Waals surface area contributed by atoms with E-state index in [9.17, 15) is 0 Å². The molecule has 1 N–H and O–H groups in total. The van der Waals surface area contributed by atoms with Gasteiger partial charge in [0.2, 0.25) is 0 Å². The number of benzene rings is 4. The van der Waals surface area contributed by atoms with Gasteiger partial charge in [-0.2, -0.15) is 0 Å². The molecule has 4 aromatic carbocycles. The fourth-order valence-electron chi connectivity index (χ4n) is 3.33. The van der Waals surface area contributed by atoms with Gasteiger partial charge in [-0.3, -0.25) is 0 Å². The van der Waals surface area contributed by atoms with Crippen LogP contribution >= 0.6 is 11.6 Å². The molecule has 0 bridgehead atoms. The molecule has 0 spiro atoms. The monoisotopic (exact) mass is 387 g/mol.